The summed E-state index contributed by atoms with van der Waals surface area (Å²) in [6.45, 7) is 0. The normalized spacial score (nSPS) is 18.6. The second kappa shape index (κ2) is 5.70. The minimum atomic E-state index is 0.478. The molecule has 1 heterocycles. The molecule has 0 saturated heterocycles. The minimum absolute atomic E-state index is 0.478. The third-order valence-electron chi connectivity index (χ3n) is 4.48. The van der Waals surface area contributed by atoms with Crippen molar-refractivity contribution in [3.8, 4) is 0 Å². The number of nitrogens with one attached hydrogen (secondary N) is 1. The van der Waals surface area contributed by atoms with Crippen molar-refractivity contribution in [3.63, 3.8) is 0 Å². The monoisotopic (exact) mass is 254 g/mol. The van der Waals surface area contributed by atoms with Crippen LogP contribution in [0.25, 0.3) is 10.8 Å². The van der Waals surface area contributed by atoms with Crippen molar-refractivity contribution in [2.75, 3.05) is 7.05 Å². The molecule has 1 aliphatic carbocycles. The average molecular weight is 254 g/mol. The molecule has 1 aromatic heterocycles. The van der Waals surface area contributed by atoms with Gasteiger partial charge < -0.3 is 5.32 Å². The van der Waals surface area contributed by atoms with Crippen LogP contribution >= 0.6 is 0 Å². The Hall–Kier alpha value is -1.41. The van der Waals surface area contributed by atoms with Crippen molar-refractivity contribution >= 4 is 10.8 Å². The second-order valence-corrected chi connectivity index (χ2v) is 5.61. The van der Waals surface area contributed by atoms with Crippen LogP contribution < -0.4 is 5.32 Å². The maximum Gasteiger partial charge on any atom is 0.0352 e. The Morgan fingerprint density at radius 1 is 1.16 bits per heavy atom. The summed E-state index contributed by atoms with van der Waals surface area (Å²) in [6, 6.07) is 9.22. The van der Waals surface area contributed by atoms with Gasteiger partial charge in [0.05, 0.1) is 0 Å². The van der Waals surface area contributed by atoms with Gasteiger partial charge in [-0.3, -0.25) is 4.98 Å². The molecule has 1 N–H and O–H groups in total. The highest BCUT2D eigenvalue weighted by molar-refractivity contribution is 5.85. The molecule has 1 fully saturated rings. The summed E-state index contributed by atoms with van der Waals surface area (Å²) in [4.78, 5) is 4.23. The van der Waals surface area contributed by atoms with Gasteiger partial charge in [-0.05, 0) is 42.8 Å². The van der Waals surface area contributed by atoms with E-state index in [0.29, 0.717) is 6.04 Å². The lowest BCUT2D eigenvalue weighted by molar-refractivity contribution is 0.283. The third-order valence-corrected chi connectivity index (χ3v) is 4.48. The van der Waals surface area contributed by atoms with Crippen LogP contribution in [-0.2, 0) is 0 Å². The molecule has 3 rings (SSSR count). The van der Waals surface area contributed by atoms with Gasteiger partial charge in [-0.1, -0.05) is 37.5 Å². The van der Waals surface area contributed by atoms with Gasteiger partial charge in [0, 0.05) is 23.8 Å². The molecule has 0 amide bonds. The van der Waals surface area contributed by atoms with Crippen molar-refractivity contribution in [3.05, 3.63) is 42.2 Å². The number of nitrogens with zero attached hydrogens (tertiary/aromatic N) is 1. The summed E-state index contributed by atoms with van der Waals surface area (Å²) >= 11 is 0. The Morgan fingerprint density at radius 2 is 2.00 bits per heavy atom. The van der Waals surface area contributed by atoms with Crippen LogP contribution in [0.4, 0.5) is 0 Å². The molecule has 19 heavy (non-hydrogen) atoms. The Bertz CT molecular complexity index is 538. The van der Waals surface area contributed by atoms with E-state index >= 15 is 0 Å². The minimum Gasteiger partial charge on any atom is -0.313 e. The lowest BCUT2D eigenvalue weighted by Gasteiger charge is -2.31. The van der Waals surface area contributed by atoms with Crippen molar-refractivity contribution in [2.24, 2.45) is 5.92 Å². The van der Waals surface area contributed by atoms with Crippen LogP contribution in [0.5, 0.6) is 0 Å². The molecule has 1 saturated carbocycles. The molecule has 2 nitrogen and oxygen atoms in total. The molecule has 0 spiro atoms. The van der Waals surface area contributed by atoms with Gasteiger partial charge in [-0.25, -0.2) is 0 Å². The molecule has 0 bridgehead atoms. The van der Waals surface area contributed by atoms with Gasteiger partial charge in [0.25, 0.3) is 0 Å². The number of hydrogen-bond acceptors (Lipinski definition) is 2. The molecule has 1 aliphatic rings. The second-order valence-electron chi connectivity index (χ2n) is 5.61. The first-order chi connectivity index (χ1) is 9.40. The van der Waals surface area contributed by atoms with Gasteiger partial charge >= 0.3 is 0 Å². The lowest BCUT2D eigenvalue weighted by atomic mass is 9.80. The fourth-order valence-electron chi connectivity index (χ4n) is 3.53. The number of aromatic nitrogens is 1. The molecule has 1 atom stereocenters. The van der Waals surface area contributed by atoms with E-state index < -0.39 is 0 Å². The standard InChI is InChI=1S/C17H22N2/c1-18-17(13-6-3-2-4-7-13)16-9-5-8-14-12-19-11-10-15(14)16/h5,8-13,17-18H,2-4,6-7H2,1H3. The first-order valence-electron chi connectivity index (χ1n) is 7.40. The molecule has 2 heteroatoms. The van der Waals surface area contributed by atoms with Crippen molar-refractivity contribution in [1.82, 2.24) is 10.3 Å². The fraction of sp³-hybridized carbons (Fsp3) is 0.471. The van der Waals surface area contributed by atoms with E-state index in [9.17, 15) is 0 Å². The van der Waals surface area contributed by atoms with Crippen molar-refractivity contribution in [1.29, 1.82) is 0 Å². The molecular weight excluding hydrogens is 232 g/mol. The topological polar surface area (TPSA) is 24.9 Å². The van der Waals surface area contributed by atoms with Crippen LogP contribution in [-0.4, -0.2) is 12.0 Å². The number of pyridine rings is 1. The van der Waals surface area contributed by atoms with Gasteiger partial charge in [-0.2, -0.15) is 0 Å². The molecular formula is C17H22N2. The average Bonchev–Trinajstić information content (AvgIpc) is 2.49. The number of benzene rings is 1. The highest BCUT2D eigenvalue weighted by Gasteiger charge is 2.24. The summed E-state index contributed by atoms with van der Waals surface area (Å²) in [6.07, 6.45) is 10.8. The SMILES string of the molecule is CNC(c1cccc2cnccc12)C1CCCCC1. The fourth-order valence-corrected chi connectivity index (χ4v) is 3.53. The zero-order valence-corrected chi connectivity index (χ0v) is 11.6. The van der Waals surface area contributed by atoms with Gasteiger partial charge in [0.15, 0.2) is 0 Å². The summed E-state index contributed by atoms with van der Waals surface area (Å²) in [5, 5.41) is 6.16. The molecule has 0 aliphatic heterocycles. The highest BCUT2D eigenvalue weighted by atomic mass is 14.9. The third kappa shape index (κ3) is 2.50. The first kappa shape index (κ1) is 12.6. The van der Waals surface area contributed by atoms with E-state index in [2.05, 4.69) is 41.6 Å². The number of hydrogen-bond donors (Lipinski definition) is 1. The predicted molar refractivity (Wildman–Crippen MR) is 80.1 cm³/mol. The maximum atomic E-state index is 4.23. The first-order valence-corrected chi connectivity index (χ1v) is 7.40. The predicted octanol–water partition coefficient (Wildman–Crippen LogP) is 4.08. The van der Waals surface area contributed by atoms with Crippen LogP contribution in [0, 0.1) is 5.92 Å². The summed E-state index contributed by atoms with van der Waals surface area (Å²) in [7, 11) is 2.10. The number of rotatable bonds is 3. The largest absolute Gasteiger partial charge is 0.313 e. The summed E-state index contributed by atoms with van der Waals surface area (Å²) < 4.78 is 0. The summed E-state index contributed by atoms with van der Waals surface area (Å²) in [5.74, 6) is 0.775. The van der Waals surface area contributed by atoms with Crippen LogP contribution in [0.15, 0.2) is 36.7 Å². The lowest BCUT2D eigenvalue weighted by Crippen LogP contribution is -2.27. The zero-order valence-electron chi connectivity index (χ0n) is 11.6. The van der Waals surface area contributed by atoms with Crippen molar-refractivity contribution in [2.45, 2.75) is 38.1 Å². The van der Waals surface area contributed by atoms with E-state index in [1.807, 2.05) is 12.4 Å². The van der Waals surface area contributed by atoms with Crippen LogP contribution in [0.3, 0.4) is 0 Å². The van der Waals surface area contributed by atoms with Gasteiger partial charge in [0.2, 0.25) is 0 Å². The van der Waals surface area contributed by atoms with E-state index in [1.54, 1.807) is 0 Å². The van der Waals surface area contributed by atoms with Crippen molar-refractivity contribution < 1.29 is 0 Å². The Morgan fingerprint density at radius 3 is 2.79 bits per heavy atom. The summed E-state index contributed by atoms with van der Waals surface area (Å²) in [5.41, 5.74) is 1.44. The quantitative estimate of drug-likeness (QED) is 0.893. The highest BCUT2D eigenvalue weighted by Crippen LogP contribution is 2.36. The molecule has 1 aromatic carbocycles. The molecule has 100 valence electrons. The number of fused-ring (bicyclic) bond motifs is 1. The molecule has 2 aromatic rings. The molecule has 0 radical (unpaired) electrons. The molecule has 1 unspecified atom stereocenters. The maximum absolute atomic E-state index is 4.23. The van der Waals surface area contributed by atoms with E-state index in [1.165, 1.54) is 48.4 Å². The Balaban J connectivity index is 2.00. The van der Waals surface area contributed by atoms with E-state index in [4.69, 9.17) is 0 Å². The van der Waals surface area contributed by atoms with Crippen LogP contribution in [0.1, 0.15) is 43.7 Å². The van der Waals surface area contributed by atoms with Crippen LogP contribution in [0.2, 0.25) is 0 Å². The van der Waals surface area contributed by atoms with E-state index in [-0.39, 0.29) is 0 Å². The Kier molecular flexibility index (Phi) is 3.79. The zero-order chi connectivity index (χ0) is 13.1. The smallest absolute Gasteiger partial charge is 0.0352 e. The van der Waals surface area contributed by atoms with Gasteiger partial charge in [-0.15, -0.1) is 0 Å². The Labute approximate surface area is 115 Å². The van der Waals surface area contributed by atoms with Gasteiger partial charge in [0.1, 0.15) is 0 Å². The van der Waals surface area contributed by atoms with E-state index in [0.717, 1.165) is 5.92 Å².